The van der Waals surface area contributed by atoms with Gasteiger partial charge in [0, 0.05) is 12.6 Å². The van der Waals surface area contributed by atoms with Gasteiger partial charge in [-0.15, -0.1) is 0 Å². The van der Waals surface area contributed by atoms with Crippen LogP contribution in [0, 0.1) is 5.92 Å². The van der Waals surface area contributed by atoms with Crippen molar-refractivity contribution in [2.45, 2.75) is 64.0 Å². The fourth-order valence-electron chi connectivity index (χ4n) is 2.47. The lowest BCUT2D eigenvalue weighted by Crippen LogP contribution is -2.29. The monoisotopic (exact) mass is 211 g/mol. The molecule has 2 aliphatic carbocycles. The zero-order valence-electron chi connectivity index (χ0n) is 10.0. The molecule has 2 saturated carbocycles. The van der Waals surface area contributed by atoms with Gasteiger partial charge in [-0.05, 0) is 51.5 Å². The van der Waals surface area contributed by atoms with Crippen molar-refractivity contribution in [3.8, 4) is 0 Å². The van der Waals surface area contributed by atoms with Gasteiger partial charge in [-0.1, -0.05) is 12.8 Å². The summed E-state index contributed by atoms with van der Waals surface area (Å²) in [6, 6.07) is 0.733. The molecule has 1 atom stereocenters. The van der Waals surface area contributed by atoms with E-state index < -0.39 is 0 Å². The van der Waals surface area contributed by atoms with Gasteiger partial charge in [-0.25, -0.2) is 0 Å². The minimum Gasteiger partial charge on any atom is -0.378 e. The van der Waals surface area contributed by atoms with E-state index in [0.717, 1.165) is 25.1 Å². The largest absolute Gasteiger partial charge is 0.378 e. The average molecular weight is 211 g/mol. The summed E-state index contributed by atoms with van der Waals surface area (Å²) in [5.41, 5.74) is 0. The van der Waals surface area contributed by atoms with Crippen molar-refractivity contribution in [3.63, 3.8) is 0 Å². The lowest BCUT2D eigenvalue weighted by atomic mass is 10.2. The molecule has 2 rings (SSSR count). The number of hydrogen-bond donors (Lipinski definition) is 1. The van der Waals surface area contributed by atoms with Crippen LogP contribution in [0.2, 0.25) is 0 Å². The first-order valence-corrected chi connectivity index (χ1v) is 6.71. The number of nitrogens with one attached hydrogen (secondary N) is 1. The van der Waals surface area contributed by atoms with Crippen LogP contribution in [-0.2, 0) is 4.74 Å². The lowest BCUT2D eigenvalue weighted by molar-refractivity contribution is 0.0565. The van der Waals surface area contributed by atoms with Gasteiger partial charge in [0.2, 0.25) is 0 Å². The second-order valence-corrected chi connectivity index (χ2v) is 5.21. The summed E-state index contributed by atoms with van der Waals surface area (Å²) in [6.45, 7) is 4.40. The van der Waals surface area contributed by atoms with Crippen molar-refractivity contribution in [3.05, 3.63) is 0 Å². The van der Waals surface area contributed by atoms with E-state index in [1.54, 1.807) is 0 Å². The van der Waals surface area contributed by atoms with E-state index in [9.17, 15) is 0 Å². The number of rotatable bonds is 7. The molecule has 0 heterocycles. The summed E-state index contributed by atoms with van der Waals surface area (Å²) in [7, 11) is 0. The first kappa shape index (κ1) is 11.4. The molecule has 2 fully saturated rings. The molecule has 0 amide bonds. The van der Waals surface area contributed by atoms with E-state index in [1.807, 2.05) is 0 Å². The molecule has 0 bridgehead atoms. The molecule has 0 spiro atoms. The lowest BCUT2D eigenvalue weighted by Gasteiger charge is -2.14. The minimum absolute atomic E-state index is 0.589. The van der Waals surface area contributed by atoms with Crippen LogP contribution in [0.15, 0.2) is 0 Å². The minimum atomic E-state index is 0.589. The second-order valence-electron chi connectivity index (χ2n) is 5.21. The molecule has 1 N–H and O–H groups in total. The maximum absolute atomic E-state index is 5.82. The summed E-state index contributed by atoms with van der Waals surface area (Å²) >= 11 is 0. The Morgan fingerprint density at radius 3 is 2.60 bits per heavy atom. The van der Waals surface area contributed by atoms with Crippen molar-refractivity contribution in [2.24, 2.45) is 5.92 Å². The Labute approximate surface area is 93.8 Å². The zero-order valence-corrected chi connectivity index (χ0v) is 10.0. The van der Waals surface area contributed by atoms with Crippen LogP contribution in [0.25, 0.3) is 0 Å². The first-order chi connectivity index (χ1) is 7.36. The third kappa shape index (κ3) is 4.12. The molecule has 0 saturated heterocycles. The summed E-state index contributed by atoms with van der Waals surface area (Å²) in [4.78, 5) is 0. The molecule has 88 valence electrons. The Kier molecular flexibility index (Phi) is 4.45. The highest BCUT2D eigenvalue weighted by molar-refractivity contribution is 4.82. The van der Waals surface area contributed by atoms with Gasteiger partial charge in [-0.2, -0.15) is 0 Å². The van der Waals surface area contributed by atoms with Crippen molar-refractivity contribution in [2.75, 3.05) is 13.2 Å². The van der Waals surface area contributed by atoms with Crippen molar-refractivity contribution in [1.29, 1.82) is 0 Å². The maximum atomic E-state index is 5.82. The van der Waals surface area contributed by atoms with Crippen LogP contribution in [0.4, 0.5) is 0 Å². The molecule has 15 heavy (non-hydrogen) atoms. The summed E-state index contributed by atoms with van der Waals surface area (Å²) in [5.74, 6) is 0.973. The standard InChI is InChI=1S/C13H25NO/c1-11(12-7-8-12)14-9-4-10-15-13-5-2-3-6-13/h11-14H,2-10H2,1H3. The van der Waals surface area contributed by atoms with Crippen LogP contribution in [0.1, 0.15) is 51.9 Å². The molecule has 0 radical (unpaired) electrons. The molecule has 0 aromatic carbocycles. The molecule has 2 nitrogen and oxygen atoms in total. The summed E-state index contributed by atoms with van der Waals surface area (Å²) in [6.07, 6.45) is 9.99. The third-order valence-electron chi connectivity index (χ3n) is 3.77. The van der Waals surface area contributed by atoms with Crippen LogP contribution < -0.4 is 5.32 Å². The number of ether oxygens (including phenoxy) is 1. The van der Waals surface area contributed by atoms with Gasteiger partial charge in [0.05, 0.1) is 6.10 Å². The van der Waals surface area contributed by atoms with Gasteiger partial charge in [0.25, 0.3) is 0 Å². The topological polar surface area (TPSA) is 21.3 Å². The summed E-state index contributed by atoms with van der Waals surface area (Å²) in [5, 5.41) is 3.59. The van der Waals surface area contributed by atoms with Gasteiger partial charge in [0.1, 0.15) is 0 Å². The molecule has 2 aliphatic rings. The van der Waals surface area contributed by atoms with Crippen LogP contribution in [0.3, 0.4) is 0 Å². The van der Waals surface area contributed by atoms with E-state index in [1.165, 1.54) is 44.9 Å². The fourth-order valence-corrected chi connectivity index (χ4v) is 2.47. The van der Waals surface area contributed by atoms with E-state index in [4.69, 9.17) is 4.74 Å². The predicted octanol–water partition coefficient (Wildman–Crippen LogP) is 2.72. The average Bonchev–Trinajstić information content (AvgIpc) is 2.97. The highest BCUT2D eigenvalue weighted by Crippen LogP contribution is 2.32. The maximum Gasteiger partial charge on any atom is 0.0575 e. The molecule has 0 aromatic rings. The number of hydrogen-bond acceptors (Lipinski definition) is 2. The molecule has 0 aromatic heterocycles. The van der Waals surface area contributed by atoms with Gasteiger partial charge < -0.3 is 10.1 Å². The summed E-state index contributed by atoms with van der Waals surface area (Å²) < 4.78 is 5.82. The predicted molar refractivity (Wildman–Crippen MR) is 63.0 cm³/mol. The molecule has 2 heteroatoms. The SMILES string of the molecule is CC(NCCCOC1CCCC1)C1CC1. The fraction of sp³-hybridized carbons (Fsp3) is 1.00. The molecular weight excluding hydrogens is 186 g/mol. The molecular formula is C13H25NO. The Morgan fingerprint density at radius 1 is 1.20 bits per heavy atom. The van der Waals surface area contributed by atoms with Gasteiger partial charge >= 0.3 is 0 Å². The van der Waals surface area contributed by atoms with Crippen LogP contribution >= 0.6 is 0 Å². The second kappa shape index (κ2) is 5.86. The molecule has 0 aliphatic heterocycles. The molecule has 1 unspecified atom stereocenters. The highest BCUT2D eigenvalue weighted by atomic mass is 16.5. The Bertz CT molecular complexity index is 169. The normalized spacial score (nSPS) is 24.6. The van der Waals surface area contributed by atoms with Crippen molar-refractivity contribution < 1.29 is 4.74 Å². The van der Waals surface area contributed by atoms with E-state index in [2.05, 4.69) is 12.2 Å². The van der Waals surface area contributed by atoms with E-state index in [0.29, 0.717) is 6.10 Å². The Morgan fingerprint density at radius 2 is 1.93 bits per heavy atom. The van der Waals surface area contributed by atoms with E-state index >= 15 is 0 Å². The van der Waals surface area contributed by atoms with Crippen LogP contribution in [-0.4, -0.2) is 25.3 Å². The van der Waals surface area contributed by atoms with Crippen molar-refractivity contribution in [1.82, 2.24) is 5.32 Å². The highest BCUT2D eigenvalue weighted by Gasteiger charge is 2.27. The third-order valence-corrected chi connectivity index (χ3v) is 3.77. The van der Waals surface area contributed by atoms with Gasteiger partial charge in [-0.3, -0.25) is 0 Å². The quantitative estimate of drug-likeness (QED) is 0.654. The van der Waals surface area contributed by atoms with E-state index in [-0.39, 0.29) is 0 Å². The zero-order chi connectivity index (χ0) is 10.5. The Balaban J connectivity index is 1.41. The Hall–Kier alpha value is -0.0800. The first-order valence-electron chi connectivity index (χ1n) is 6.71. The van der Waals surface area contributed by atoms with Crippen molar-refractivity contribution >= 4 is 0 Å². The van der Waals surface area contributed by atoms with Crippen LogP contribution in [0.5, 0.6) is 0 Å². The van der Waals surface area contributed by atoms with Gasteiger partial charge in [0.15, 0.2) is 0 Å². The smallest absolute Gasteiger partial charge is 0.0575 e.